The van der Waals surface area contributed by atoms with Gasteiger partial charge in [0.05, 0.1) is 17.9 Å². The molecule has 2 saturated heterocycles. The molecule has 3 unspecified atom stereocenters. The largest absolute Gasteiger partial charge is 0.457 e. The van der Waals surface area contributed by atoms with Gasteiger partial charge in [-0.2, -0.15) is 20.2 Å². The zero-order valence-electron chi connectivity index (χ0n) is 19.6. The molecule has 9 heteroatoms. The number of rotatable bonds is 6. The van der Waals surface area contributed by atoms with Gasteiger partial charge in [0.1, 0.15) is 23.6 Å². The van der Waals surface area contributed by atoms with Crippen LogP contribution in [0, 0.1) is 13.8 Å². The van der Waals surface area contributed by atoms with Crippen molar-refractivity contribution in [2.45, 2.75) is 58.2 Å². The molecule has 7 rings (SSSR count). The Morgan fingerprint density at radius 1 is 1.03 bits per heavy atom. The van der Waals surface area contributed by atoms with Gasteiger partial charge in [-0.15, -0.1) is 0 Å². The molecule has 176 valence electrons. The molecule has 1 aromatic carbocycles. The van der Waals surface area contributed by atoms with Crippen molar-refractivity contribution in [2.24, 2.45) is 0 Å². The summed E-state index contributed by atoms with van der Waals surface area (Å²) in [7, 11) is 1.67. The highest BCUT2D eigenvalue weighted by atomic mass is 16.5. The summed E-state index contributed by atoms with van der Waals surface area (Å²) < 4.78 is 18.7. The molecule has 9 nitrogen and oxygen atoms in total. The minimum atomic E-state index is -0.353. The van der Waals surface area contributed by atoms with Crippen molar-refractivity contribution in [3.63, 3.8) is 0 Å². The van der Waals surface area contributed by atoms with Crippen molar-refractivity contribution in [3.8, 4) is 6.01 Å². The first-order valence-corrected chi connectivity index (χ1v) is 11.5. The van der Waals surface area contributed by atoms with Gasteiger partial charge in [0.2, 0.25) is 0 Å². The molecule has 1 aliphatic carbocycles. The Bertz CT molecular complexity index is 1230. The number of fused-ring (bicyclic) bond motifs is 2. The number of imidazole rings is 1. The molecule has 2 aliphatic heterocycles. The summed E-state index contributed by atoms with van der Waals surface area (Å²) >= 11 is 0. The lowest BCUT2D eigenvalue weighted by Crippen LogP contribution is -2.25. The third-order valence-electron chi connectivity index (χ3n) is 6.11. The van der Waals surface area contributed by atoms with E-state index in [4.69, 9.17) is 14.2 Å². The van der Waals surface area contributed by atoms with E-state index in [0.717, 1.165) is 22.6 Å². The Labute approximate surface area is 198 Å². The zero-order chi connectivity index (χ0) is 23.5. The molecule has 3 atom stereocenters. The number of aromatic nitrogens is 6. The van der Waals surface area contributed by atoms with Crippen LogP contribution in [0.1, 0.15) is 48.3 Å². The maximum atomic E-state index is 5.78. The normalized spacial score (nSPS) is 19.3. The first-order valence-electron chi connectivity index (χ1n) is 11.5. The van der Waals surface area contributed by atoms with E-state index in [2.05, 4.69) is 25.1 Å². The van der Waals surface area contributed by atoms with E-state index in [0.29, 0.717) is 23.5 Å². The molecule has 4 aromatic rings. The Hall–Kier alpha value is -3.43. The van der Waals surface area contributed by atoms with Gasteiger partial charge in [-0.1, -0.05) is 30.3 Å². The van der Waals surface area contributed by atoms with Crippen LogP contribution in [0.25, 0.3) is 11.2 Å². The maximum absolute atomic E-state index is 5.78. The van der Waals surface area contributed by atoms with Crippen LogP contribution in [0.3, 0.4) is 0 Å². The lowest BCUT2D eigenvalue weighted by molar-refractivity contribution is -0.0647. The van der Waals surface area contributed by atoms with E-state index in [1.807, 2.05) is 60.9 Å². The molecule has 3 fully saturated rings. The van der Waals surface area contributed by atoms with Crippen LogP contribution in [0.2, 0.25) is 0 Å². The molecule has 34 heavy (non-hydrogen) atoms. The van der Waals surface area contributed by atoms with Crippen molar-refractivity contribution in [3.05, 3.63) is 71.4 Å². The first-order chi connectivity index (χ1) is 16.6. The smallest absolute Gasteiger partial charge is 0.319 e. The fraction of sp³-hybridized carbons (Fsp3) is 0.400. The minimum Gasteiger partial charge on any atom is -0.457 e. The van der Waals surface area contributed by atoms with Crippen LogP contribution in [0.4, 0.5) is 0 Å². The molecule has 5 heterocycles. The van der Waals surface area contributed by atoms with Gasteiger partial charge >= 0.3 is 6.01 Å². The van der Waals surface area contributed by atoms with E-state index in [1.54, 1.807) is 13.3 Å². The molecule has 3 aliphatic rings. The Morgan fingerprint density at radius 3 is 2.41 bits per heavy atom. The van der Waals surface area contributed by atoms with Crippen molar-refractivity contribution in [1.82, 2.24) is 29.7 Å². The lowest BCUT2D eigenvalue weighted by atomic mass is 10.2. The first kappa shape index (κ1) is 22.4. The fourth-order valence-corrected chi connectivity index (χ4v) is 4.39. The highest BCUT2D eigenvalue weighted by molar-refractivity contribution is 5.74. The van der Waals surface area contributed by atoms with Crippen molar-refractivity contribution in [1.29, 1.82) is 0 Å². The number of aryl methyl sites for hydroxylation is 2. The van der Waals surface area contributed by atoms with Crippen LogP contribution in [0.15, 0.2) is 48.7 Å². The summed E-state index contributed by atoms with van der Waals surface area (Å²) in [5.74, 6) is 0.786. The number of methoxy groups -OCH3 is 1. The summed E-state index contributed by atoms with van der Waals surface area (Å²) in [5, 5.41) is 7.86. The van der Waals surface area contributed by atoms with Crippen molar-refractivity contribution < 1.29 is 14.2 Å². The van der Waals surface area contributed by atoms with E-state index in [-0.39, 0.29) is 18.8 Å². The Balaban J connectivity index is 0.000000343. The second-order valence-corrected chi connectivity index (χ2v) is 8.49. The average Bonchev–Trinajstić information content (AvgIpc) is 3.58. The van der Waals surface area contributed by atoms with Gasteiger partial charge < -0.3 is 14.2 Å². The fourth-order valence-electron chi connectivity index (χ4n) is 4.39. The molecular weight excluding hydrogens is 432 g/mol. The summed E-state index contributed by atoms with van der Waals surface area (Å²) in [5.41, 5.74) is 3.83. The van der Waals surface area contributed by atoms with Crippen LogP contribution >= 0.6 is 0 Å². The van der Waals surface area contributed by atoms with E-state index in [1.165, 1.54) is 19.3 Å². The molecular formula is C25H28N6O3. The van der Waals surface area contributed by atoms with Crippen LogP contribution in [0.5, 0.6) is 6.01 Å². The van der Waals surface area contributed by atoms with Gasteiger partial charge in [0.25, 0.3) is 0 Å². The van der Waals surface area contributed by atoms with Crippen LogP contribution in [-0.4, -0.2) is 49.0 Å². The molecule has 0 spiro atoms. The monoisotopic (exact) mass is 460 g/mol. The maximum Gasteiger partial charge on any atom is 0.319 e. The highest BCUT2D eigenvalue weighted by Gasteiger charge is 2.36. The minimum absolute atomic E-state index is 0.234. The Kier molecular flexibility index (Phi) is 6.46. The number of benzene rings is 1. The van der Waals surface area contributed by atoms with Gasteiger partial charge in [0, 0.05) is 18.9 Å². The summed E-state index contributed by atoms with van der Waals surface area (Å²) in [6.45, 7) is 4.05. The molecule has 0 radical (unpaired) electrons. The van der Waals surface area contributed by atoms with E-state index < -0.39 is 0 Å². The number of hydrogen-bond acceptors (Lipinski definition) is 8. The van der Waals surface area contributed by atoms with Gasteiger partial charge in [0.15, 0.2) is 11.9 Å². The number of ether oxygens (including phenoxy) is 3. The summed E-state index contributed by atoms with van der Waals surface area (Å²) in [6.07, 6.45) is 6.68. The summed E-state index contributed by atoms with van der Waals surface area (Å²) in [6, 6.07) is 13.9. The third kappa shape index (κ3) is 4.62. The Morgan fingerprint density at radius 2 is 1.79 bits per heavy atom. The molecule has 1 saturated carbocycles. The average molecular weight is 461 g/mol. The summed E-state index contributed by atoms with van der Waals surface area (Å²) in [4.78, 5) is 13.7. The lowest BCUT2D eigenvalue weighted by Gasteiger charge is -2.23. The third-order valence-corrected chi connectivity index (χ3v) is 6.11. The van der Waals surface area contributed by atoms with Crippen molar-refractivity contribution in [2.75, 3.05) is 7.11 Å². The quantitative estimate of drug-likeness (QED) is 0.427. The topological polar surface area (TPSA) is 97.1 Å². The predicted molar refractivity (Wildman–Crippen MR) is 125 cm³/mol. The number of hydrogen-bond donors (Lipinski definition) is 0. The number of nitrogens with zero attached hydrogens (tertiary/aromatic N) is 6. The SMILES string of the molecule is C1CC2CC1O2.COC(c1ccccc1)n1c(C)nc2c(C)nc(OCc3cccnn3)nc21. The van der Waals surface area contributed by atoms with Gasteiger partial charge in [-0.25, -0.2) is 4.98 Å². The zero-order valence-corrected chi connectivity index (χ0v) is 19.6. The highest BCUT2D eigenvalue weighted by Crippen LogP contribution is 2.36. The van der Waals surface area contributed by atoms with Gasteiger partial charge in [-0.3, -0.25) is 4.57 Å². The van der Waals surface area contributed by atoms with Crippen LogP contribution < -0.4 is 4.74 Å². The molecule has 0 N–H and O–H groups in total. The van der Waals surface area contributed by atoms with Crippen molar-refractivity contribution >= 4 is 11.2 Å². The van der Waals surface area contributed by atoms with Crippen LogP contribution in [-0.2, 0) is 16.1 Å². The standard InChI is InChI=1S/C20H20N6O2.C5H8O/c1-13-17-18(24-20(22-13)28-12-16-10-7-11-21-25-16)26(14(2)23-17)19(27-3)15-8-5-4-6-9-15;1-2-5-3-4(1)6-5/h4-11,19H,12H2,1-3H3;4-5H,1-3H2. The molecule has 2 bridgehead atoms. The van der Waals surface area contributed by atoms with E-state index >= 15 is 0 Å². The second-order valence-electron chi connectivity index (χ2n) is 8.49. The molecule has 3 aromatic heterocycles. The van der Waals surface area contributed by atoms with E-state index in [9.17, 15) is 0 Å². The predicted octanol–water partition coefficient (Wildman–Crippen LogP) is 3.94. The van der Waals surface area contributed by atoms with Gasteiger partial charge in [-0.05, 0) is 45.2 Å². The molecule has 0 amide bonds. The second kappa shape index (κ2) is 9.82.